The molecule has 2 N–H and O–H groups in total. The highest BCUT2D eigenvalue weighted by atomic mass is 16.2. The van der Waals surface area contributed by atoms with Gasteiger partial charge in [-0.25, -0.2) is 4.79 Å². The summed E-state index contributed by atoms with van der Waals surface area (Å²) in [5.74, 6) is 0.835. The second-order valence-corrected chi connectivity index (χ2v) is 6.40. The molecule has 2 amide bonds. The molecule has 2 heterocycles. The smallest absolute Gasteiger partial charge is 0.315 e. The third kappa shape index (κ3) is 5.30. The van der Waals surface area contributed by atoms with E-state index in [1.165, 1.54) is 12.8 Å². The summed E-state index contributed by atoms with van der Waals surface area (Å²) in [5.41, 5.74) is 1.85. The highest BCUT2D eigenvalue weighted by Crippen LogP contribution is 2.17. The maximum atomic E-state index is 11.9. The molecule has 1 aliphatic rings. The predicted molar refractivity (Wildman–Crippen MR) is 88.6 cm³/mol. The van der Waals surface area contributed by atoms with Crippen LogP contribution in [0.4, 0.5) is 4.79 Å². The monoisotopic (exact) mass is 304 g/mol. The van der Waals surface area contributed by atoms with Crippen molar-refractivity contribution in [1.29, 1.82) is 0 Å². The molecule has 5 heteroatoms. The van der Waals surface area contributed by atoms with E-state index in [4.69, 9.17) is 0 Å². The van der Waals surface area contributed by atoms with E-state index in [2.05, 4.69) is 34.4 Å². The third-order valence-electron chi connectivity index (χ3n) is 4.38. The molecular formula is C17H28N4O. The Balaban J connectivity index is 1.67. The number of nitrogens with zero attached hydrogens (tertiary/aromatic N) is 2. The molecule has 1 aromatic rings. The van der Waals surface area contributed by atoms with Gasteiger partial charge in [-0.15, -0.1) is 0 Å². The minimum Gasteiger partial charge on any atom is -0.337 e. The molecule has 0 spiro atoms. The summed E-state index contributed by atoms with van der Waals surface area (Å²) in [4.78, 5) is 18.7. The zero-order chi connectivity index (χ0) is 15.9. The Morgan fingerprint density at radius 3 is 2.77 bits per heavy atom. The van der Waals surface area contributed by atoms with E-state index >= 15 is 0 Å². The lowest BCUT2D eigenvalue weighted by atomic mass is 9.98. The number of carbonyl (C=O) groups excluding carboxylic acids is 1. The van der Waals surface area contributed by atoms with Crippen LogP contribution in [0, 0.1) is 12.8 Å². The molecule has 0 saturated carbocycles. The Labute approximate surface area is 133 Å². The first-order chi connectivity index (χ1) is 10.5. The number of urea groups is 1. The van der Waals surface area contributed by atoms with Gasteiger partial charge in [0.2, 0.25) is 0 Å². The maximum absolute atomic E-state index is 11.9. The minimum absolute atomic E-state index is 0.125. The van der Waals surface area contributed by atoms with Crippen molar-refractivity contribution in [3.05, 3.63) is 29.6 Å². The van der Waals surface area contributed by atoms with Gasteiger partial charge in [-0.1, -0.05) is 13.0 Å². The third-order valence-corrected chi connectivity index (χ3v) is 4.38. The van der Waals surface area contributed by atoms with E-state index in [0.29, 0.717) is 19.1 Å². The summed E-state index contributed by atoms with van der Waals surface area (Å²) >= 11 is 0. The summed E-state index contributed by atoms with van der Waals surface area (Å²) in [6, 6.07) is 6.09. The molecule has 0 aliphatic carbocycles. The molecular weight excluding hydrogens is 276 g/mol. The fourth-order valence-electron chi connectivity index (χ4n) is 2.77. The molecule has 1 unspecified atom stereocenters. The van der Waals surface area contributed by atoms with Crippen LogP contribution in [0.1, 0.15) is 38.1 Å². The number of likely N-dealkylation sites (tertiary alicyclic amines) is 1. The van der Waals surface area contributed by atoms with Gasteiger partial charge in [-0.3, -0.25) is 9.88 Å². The summed E-state index contributed by atoms with van der Waals surface area (Å²) in [5, 5.41) is 5.82. The van der Waals surface area contributed by atoms with Crippen LogP contribution in [0.2, 0.25) is 0 Å². The number of rotatable bonds is 5. The lowest BCUT2D eigenvalue weighted by Gasteiger charge is -2.34. The molecule has 0 aromatic carbocycles. The van der Waals surface area contributed by atoms with Crippen molar-refractivity contribution in [2.45, 2.75) is 46.2 Å². The number of hydrogen-bond donors (Lipinski definition) is 2. The summed E-state index contributed by atoms with van der Waals surface area (Å²) in [6.07, 6.45) is 2.52. The van der Waals surface area contributed by atoms with Crippen LogP contribution >= 0.6 is 0 Å². The van der Waals surface area contributed by atoms with Crippen LogP contribution in [0.25, 0.3) is 0 Å². The van der Waals surface area contributed by atoms with Gasteiger partial charge in [0.05, 0.1) is 12.2 Å². The molecule has 1 aromatic heterocycles. The first-order valence-corrected chi connectivity index (χ1v) is 8.23. The average Bonchev–Trinajstić information content (AvgIpc) is 2.51. The van der Waals surface area contributed by atoms with Gasteiger partial charge in [-0.05, 0) is 57.8 Å². The maximum Gasteiger partial charge on any atom is 0.315 e. The van der Waals surface area contributed by atoms with Crippen molar-refractivity contribution in [3.8, 4) is 0 Å². The Morgan fingerprint density at radius 2 is 2.09 bits per heavy atom. The molecule has 22 heavy (non-hydrogen) atoms. The van der Waals surface area contributed by atoms with Crippen molar-refractivity contribution < 1.29 is 4.79 Å². The number of piperidine rings is 1. The van der Waals surface area contributed by atoms with Crippen LogP contribution in [0.15, 0.2) is 18.2 Å². The highest BCUT2D eigenvalue weighted by Gasteiger charge is 2.20. The lowest BCUT2D eigenvalue weighted by Crippen LogP contribution is -2.47. The standard InChI is InChI=1S/C17H28N4O/c1-13-7-9-21(10-8-13)15(3)11-18-17(22)19-12-16-6-4-5-14(2)20-16/h4-6,13,15H,7-12H2,1-3H3,(H2,18,19,22). The predicted octanol–water partition coefficient (Wildman–Crippen LogP) is 2.31. The Kier molecular flexibility index (Phi) is 6.19. The fourth-order valence-corrected chi connectivity index (χ4v) is 2.77. The van der Waals surface area contributed by atoms with E-state index in [-0.39, 0.29) is 6.03 Å². The van der Waals surface area contributed by atoms with Crippen LogP contribution < -0.4 is 10.6 Å². The second-order valence-electron chi connectivity index (χ2n) is 6.40. The normalized spacial score (nSPS) is 18.0. The number of aromatic nitrogens is 1. The molecule has 0 bridgehead atoms. The number of pyridine rings is 1. The zero-order valence-corrected chi connectivity index (χ0v) is 13.9. The largest absolute Gasteiger partial charge is 0.337 e. The molecule has 1 fully saturated rings. The number of aryl methyl sites for hydroxylation is 1. The Morgan fingerprint density at radius 1 is 1.36 bits per heavy atom. The Bertz CT molecular complexity index is 483. The van der Waals surface area contributed by atoms with Gasteiger partial charge >= 0.3 is 6.03 Å². The number of carbonyl (C=O) groups is 1. The van der Waals surface area contributed by atoms with Crippen LogP contribution in [0.5, 0.6) is 0 Å². The summed E-state index contributed by atoms with van der Waals surface area (Å²) in [6.45, 7) is 9.86. The minimum atomic E-state index is -0.125. The molecule has 0 radical (unpaired) electrons. The van der Waals surface area contributed by atoms with Crippen molar-refractivity contribution in [2.75, 3.05) is 19.6 Å². The van der Waals surface area contributed by atoms with Crippen molar-refractivity contribution in [2.24, 2.45) is 5.92 Å². The molecule has 1 saturated heterocycles. The number of amides is 2. The van der Waals surface area contributed by atoms with Gasteiger partial charge < -0.3 is 10.6 Å². The zero-order valence-electron chi connectivity index (χ0n) is 13.9. The quantitative estimate of drug-likeness (QED) is 0.877. The highest BCUT2D eigenvalue weighted by molar-refractivity contribution is 5.73. The van der Waals surface area contributed by atoms with Crippen molar-refractivity contribution in [1.82, 2.24) is 20.5 Å². The van der Waals surface area contributed by atoms with E-state index in [0.717, 1.165) is 30.4 Å². The van der Waals surface area contributed by atoms with Crippen LogP contribution in [-0.2, 0) is 6.54 Å². The number of hydrogen-bond acceptors (Lipinski definition) is 3. The van der Waals surface area contributed by atoms with Gasteiger partial charge in [0.25, 0.3) is 0 Å². The average molecular weight is 304 g/mol. The lowest BCUT2D eigenvalue weighted by molar-refractivity contribution is 0.145. The molecule has 2 rings (SSSR count). The van der Waals surface area contributed by atoms with Gasteiger partial charge in [-0.2, -0.15) is 0 Å². The fraction of sp³-hybridized carbons (Fsp3) is 0.647. The first-order valence-electron chi connectivity index (χ1n) is 8.23. The molecule has 1 aliphatic heterocycles. The molecule has 1 atom stereocenters. The van der Waals surface area contributed by atoms with Gasteiger partial charge in [0.15, 0.2) is 0 Å². The van der Waals surface area contributed by atoms with Gasteiger partial charge in [0, 0.05) is 18.3 Å². The van der Waals surface area contributed by atoms with Gasteiger partial charge in [0.1, 0.15) is 0 Å². The Hall–Kier alpha value is -1.62. The first kappa shape index (κ1) is 16.7. The molecule has 122 valence electrons. The second kappa shape index (κ2) is 8.13. The van der Waals surface area contributed by atoms with E-state index in [1.807, 2.05) is 25.1 Å². The van der Waals surface area contributed by atoms with E-state index < -0.39 is 0 Å². The summed E-state index contributed by atoms with van der Waals surface area (Å²) < 4.78 is 0. The number of nitrogens with one attached hydrogen (secondary N) is 2. The van der Waals surface area contributed by atoms with Crippen LogP contribution in [-0.4, -0.2) is 41.6 Å². The topological polar surface area (TPSA) is 57.3 Å². The van der Waals surface area contributed by atoms with Crippen molar-refractivity contribution in [3.63, 3.8) is 0 Å². The van der Waals surface area contributed by atoms with Crippen LogP contribution in [0.3, 0.4) is 0 Å². The molecule has 5 nitrogen and oxygen atoms in total. The SMILES string of the molecule is Cc1cccc(CNC(=O)NCC(C)N2CCC(C)CC2)n1. The summed E-state index contributed by atoms with van der Waals surface area (Å²) in [7, 11) is 0. The van der Waals surface area contributed by atoms with E-state index in [9.17, 15) is 4.79 Å². The van der Waals surface area contributed by atoms with E-state index in [1.54, 1.807) is 0 Å². The van der Waals surface area contributed by atoms with Crippen molar-refractivity contribution >= 4 is 6.03 Å².